The first-order valence-corrected chi connectivity index (χ1v) is 16.5. The summed E-state index contributed by atoms with van der Waals surface area (Å²) in [5.74, 6) is -2.66. The van der Waals surface area contributed by atoms with Gasteiger partial charge in [-0.1, -0.05) is 56.1 Å². The molecule has 4 N–H and O–H groups in total. The normalized spacial score (nSPS) is 10.3. The second-order valence-corrected chi connectivity index (χ2v) is 11.3. The summed E-state index contributed by atoms with van der Waals surface area (Å²) in [7, 11) is 0. The Labute approximate surface area is 295 Å². The number of ether oxygens (including phenoxy) is 4. The van der Waals surface area contributed by atoms with Gasteiger partial charge < -0.3 is 34.8 Å². The van der Waals surface area contributed by atoms with E-state index in [2.05, 4.69) is 46.3 Å². The minimum Gasteiger partial charge on any atom is -0.507 e. The van der Waals surface area contributed by atoms with Crippen LogP contribution in [0.2, 0.25) is 0 Å². The molecular formula is C34H40Br2N2O10. The van der Waals surface area contributed by atoms with Crippen LogP contribution >= 0.6 is 31.9 Å². The number of aromatic amines is 1. The predicted octanol–water partition coefficient (Wildman–Crippen LogP) is 5.51. The molecule has 0 aliphatic heterocycles. The highest BCUT2D eigenvalue weighted by Crippen LogP contribution is 2.18. The highest BCUT2D eigenvalue weighted by atomic mass is 79.9. The van der Waals surface area contributed by atoms with E-state index < -0.39 is 29.4 Å². The number of nitrogens with one attached hydrogen (secondary N) is 1. The molecule has 0 spiro atoms. The number of carbonyl (C=O) groups is 4. The standard InChI is InChI=1S/C15H14BrNO4.C12H14BrNO2.C7H12O4/c1-2-21-15(20)13-12(18)8-11(17-14(13)19)7-9-3-5-10(16)6-4-9;1-2-16-12(15)8-11(14)7-9-3-5-10(13)6-4-9;1-3-10-6(8)5-7(9)11-4-2/h3-6,8H,2,7H2,1H3,(H2,17,18,19);3-6,8H,2,7,14H2,1H3;3-5H2,1-2H3/b;11-8-;. The van der Waals surface area contributed by atoms with E-state index in [1.807, 2.05) is 48.5 Å². The van der Waals surface area contributed by atoms with Gasteiger partial charge >= 0.3 is 23.9 Å². The Morgan fingerprint density at radius 2 is 1.25 bits per heavy atom. The molecule has 2 aromatic carbocycles. The van der Waals surface area contributed by atoms with Gasteiger partial charge in [-0.2, -0.15) is 0 Å². The first-order valence-electron chi connectivity index (χ1n) is 14.9. The first kappa shape index (κ1) is 41.6. The fourth-order valence-corrected chi connectivity index (χ4v) is 4.21. The summed E-state index contributed by atoms with van der Waals surface area (Å²) in [6, 6.07) is 16.7. The van der Waals surface area contributed by atoms with Gasteiger partial charge in [0.15, 0.2) is 5.56 Å². The molecule has 0 atom stereocenters. The molecule has 3 aromatic rings. The number of rotatable bonds is 12. The van der Waals surface area contributed by atoms with Crippen molar-refractivity contribution in [1.82, 2.24) is 4.98 Å². The third-order valence-electron chi connectivity index (χ3n) is 5.67. The van der Waals surface area contributed by atoms with Crippen molar-refractivity contribution in [1.29, 1.82) is 0 Å². The molecule has 0 amide bonds. The number of hydrogen-bond acceptors (Lipinski definition) is 11. The van der Waals surface area contributed by atoms with E-state index in [4.69, 9.17) is 15.2 Å². The van der Waals surface area contributed by atoms with Crippen LogP contribution in [0.25, 0.3) is 0 Å². The van der Waals surface area contributed by atoms with Crippen molar-refractivity contribution in [3.63, 3.8) is 0 Å². The second kappa shape index (κ2) is 23.0. The van der Waals surface area contributed by atoms with Gasteiger partial charge in [0.1, 0.15) is 12.2 Å². The Kier molecular flexibility index (Phi) is 19.9. The van der Waals surface area contributed by atoms with Crippen LogP contribution in [0.5, 0.6) is 5.75 Å². The minimum absolute atomic E-state index is 0.137. The monoisotopic (exact) mass is 794 g/mol. The van der Waals surface area contributed by atoms with Gasteiger partial charge in [0.25, 0.3) is 5.56 Å². The summed E-state index contributed by atoms with van der Waals surface area (Å²) in [6.07, 6.45) is 2.03. The zero-order chi connectivity index (χ0) is 36.1. The highest BCUT2D eigenvalue weighted by Gasteiger charge is 2.18. The van der Waals surface area contributed by atoms with Crippen LogP contribution in [-0.2, 0) is 46.2 Å². The number of aromatic hydroxyl groups is 1. The molecule has 0 aliphatic carbocycles. The molecule has 0 radical (unpaired) electrons. The van der Waals surface area contributed by atoms with Gasteiger partial charge in [0.2, 0.25) is 0 Å². The lowest BCUT2D eigenvalue weighted by Gasteiger charge is -2.07. The number of nitrogens with two attached hydrogens (primary N) is 1. The fourth-order valence-electron chi connectivity index (χ4n) is 3.68. The van der Waals surface area contributed by atoms with Crippen LogP contribution in [0.3, 0.4) is 0 Å². The van der Waals surface area contributed by atoms with Crippen LogP contribution in [-0.4, -0.2) is 60.4 Å². The summed E-state index contributed by atoms with van der Waals surface area (Å²) in [6.45, 7) is 7.84. The highest BCUT2D eigenvalue weighted by molar-refractivity contribution is 9.10. The minimum atomic E-state index is -0.827. The molecule has 0 saturated heterocycles. The SMILES string of the molecule is CCOC(=O)/C=C(\N)Cc1ccc(Br)cc1.CCOC(=O)CC(=O)OCC.CCOC(=O)c1c(O)cc(Cc2ccc(Br)cc2)[nH]c1=O. The van der Waals surface area contributed by atoms with E-state index in [1.54, 1.807) is 27.7 Å². The van der Waals surface area contributed by atoms with E-state index in [9.17, 15) is 29.1 Å². The van der Waals surface area contributed by atoms with Crippen molar-refractivity contribution in [2.24, 2.45) is 5.73 Å². The average Bonchev–Trinajstić information content (AvgIpc) is 3.00. The summed E-state index contributed by atoms with van der Waals surface area (Å²) in [5, 5.41) is 9.86. The van der Waals surface area contributed by atoms with Crippen LogP contribution < -0.4 is 11.3 Å². The van der Waals surface area contributed by atoms with Crippen molar-refractivity contribution < 1.29 is 43.2 Å². The third kappa shape index (κ3) is 16.9. The van der Waals surface area contributed by atoms with Gasteiger partial charge in [-0.05, 0) is 63.1 Å². The lowest BCUT2D eigenvalue weighted by Crippen LogP contribution is -2.21. The fraction of sp³-hybridized carbons (Fsp3) is 0.324. The van der Waals surface area contributed by atoms with Crippen LogP contribution in [0.4, 0.5) is 0 Å². The summed E-state index contributed by atoms with van der Waals surface area (Å²) in [5.41, 5.74) is 7.75. The average molecular weight is 797 g/mol. The largest absolute Gasteiger partial charge is 0.507 e. The van der Waals surface area contributed by atoms with Crippen molar-refractivity contribution in [2.45, 2.75) is 47.0 Å². The number of carbonyl (C=O) groups excluding carboxylic acids is 4. The number of halogens is 2. The Morgan fingerprint density at radius 3 is 1.71 bits per heavy atom. The number of H-pyrrole nitrogens is 1. The van der Waals surface area contributed by atoms with Gasteiger partial charge in [0.05, 0.1) is 26.4 Å². The maximum atomic E-state index is 11.9. The number of allylic oxidation sites excluding steroid dienone is 1. The Morgan fingerprint density at radius 1 is 0.771 bits per heavy atom. The van der Waals surface area contributed by atoms with Gasteiger partial charge in [0, 0.05) is 45.3 Å². The van der Waals surface area contributed by atoms with Gasteiger partial charge in [-0.15, -0.1) is 0 Å². The quantitative estimate of drug-likeness (QED) is 0.0909. The third-order valence-corrected chi connectivity index (χ3v) is 6.72. The lowest BCUT2D eigenvalue weighted by atomic mass is 10.1. The van der Waals surface area contributed by atoms with E-state index in [0.717, 1.165) is 20.1 Å². The second-order valence-electron chi connectivity index (χ2n) is 9.47. The zero-order valence-electron chi connectivity index (χ0n) is 27.2. The first-order chi connectivity index (χ1) is 22.8. The summed E-state index contributed by atoms with van der Waals surface area (Å²) in [4.78, 5) is 58.4. The van der Waals surface area contributed by atoms with Crippen molar-refractivity contribution in [3.05, 3.63) is 108 Å². The van der Waals surface area contributed by atoms with Crippen molar-refractivity contribution >= 4 is 55.7 Å². The van der Waals surface area contributed by atoms with E-state index in [1.165, 1.54) is 12.1 Å². The number of benzene rings is 2. The molecule has 14 heteroatoms. The molecule has 0 unspecified atom stereocenters. The van der Waals surface area contributed by atoms with E-state index in [0.29, 0.717) is 30.8 Å². The summed E-state index contributed by atoms with van der Waals surface area (Å²) >= 11 is 6.70. The van der Waals surface area contributed by atoms with E-state index in [-0.39, 0.29) is 37.6 Å². The number of pyridine rings is 1. The molecule has 0 aliphatic rings. The number of esters is 4. The molecular weight excluding hydrogens is 756 g/mol. The number of aromatic nitrogens is 1. The van der Waals surface area contributed by atoms with Crippen LogP contribution in [0.15, 0.2) is 80.1 Å². The maximum Gasteiger partial charge on any atom is 0.347 e. The van der Waals surface area contributed by atoms with Crippen molar-refractivity contribution in [2.75, 3.05) is 26.4 Å². The Balaban J connectivity index is 0.000000380. The molecule has 3 rings (SSSR count). The van der Waals surface area contributed by atoms with Gasteiger partial charge in [-0.25, -0.2) is 9.59 Å². The topological polar surface area (TPSA) is 184 Å². The summed E-state index contributed by atoms with van der Waals surface area (Å²) < 4.78 is 20.5. The molecule has 1 heterocycles. The van der Waals surface area contributed by atoms with Crippen LogP contribution in [0, 0.1) is 0 Å². The van der Waals surface area contributed by atoms with E-state index >= 15 is 0 Å². The molecule has 260 valence electrons. The maximum absolute atomic E-state index is 11.9. The predicted molar refractivity (Wildman–Crippen MR) is 186 cm³/mol. The van der Waals surface area contributed by atoms with Crippen LogP contribution in [0.1, 0.15) is 61.3 Å². The lowest BCUT2D eigenvalue weighted by molar-refractivity contribution is -0.154. The van der Waals surface area contributed by atoms with Gasteiger partial charge in [-0.3, -0.25) is 14.4 Å². The Hall–Kier alpha value is -4.43. The molecule has 0 saturated carbocycles. The molecule has 0 bridgehead atoms. The zero-order valence-corrected chi connectivity index (χ0v) is 30.3. The number of hydrogen-bond donors (Lipinski definition) is 3. The molecule has 12 nitrogen and oxygen atoms in total. The van der Waals surface area contributed by atoms with Crippen molar-refractivity contribution in [3.8, 4) is 5.75 Å². The molecule has 0 fully saturated rings. The smallest absolute Gasteiger partial charge is 0.347 e. The Bertz CT molecular complexity index is 1550. The molecule has 48 heavy (non-hydrogen) atoms. The molecule has 1 aromatic heterocycles.